The van der Waals surface area contributed by atoms with Crippen molar-refractivity contribution in [3.63, 3.8) is 0 Å². The topological polar surface area (TPSA) is 4.93 Å². The summed E-state index contributed by atoms with van der Waals surface area (Å²) in [6.45, 7) is 4.73. The number of thiophene rings is 1. The first-order chi connectivity index (χ1) is 17.1. The van der Waals surface area contributed by atoms with Crippen LogP contribution in [0.1, 0.15) is 25.0 Å². The van der Waals surface area contributed by atoms with Crippen LogP contribution in [0.2, 0.25) is 0 Å². The highest BCUT2D eigenvalue weighted by atomic mass is 32.1. The molecule has 0 atom stereocenters. The van der Waals surface area contributed by atoms with Gasteiger partial charge in [-0.3, -0.25) is 0 Å². The van der Waals surface area contributed by atoms with E-state index >= 15 is 0 Å². The molecule has 0 bridgehead atoms. The molecule has 0 N–H and O–H groups in total. The minimum absolute atomic E-state index is 0.0228. The molecule has 1 aliphatic rings. The van der Waals surface area contributed by atoms with Crippen LogP contribution in [-0.4, -0.2) is 4.57 Å². The van der Waals surface area contributed by atoms with Crippen LogP contribution in [0.3, 0.4) is 0 Å². The Labute approximate surface area is 207 Å². The fourth-order valence-electron chi connectivity index (χ4n) is 6.33. The average molecular weight is 466 g/mol. The van der Waals surface area contributed by atoms with Crippen LogP contribution in [0, 0.1) is 0 Å². The number of nitrogens with zero attached hydrogens (tertiary/aromatic N) is 1. The van der Waals surface area contributed by atoms with Gasteiger partial charge in [-0.25, -0.2) is 0 Å². The van der Waals surface area contributed by atoms with Crippen molar-refractivity contribution in [1.82, 2.24) is 4.57 Å². The Bertz CT molecular complexity index is 1980. The van der Waals surface area contributed by atoms with Crippen molar-refractivity contribution in [3.05, 3.63) is 114 Å². The number of hydrogen-bond acceptors (Lipinski definition) is 1. The van der Waals surface area contributed by atoms with Gasteiger partial charge in [-0.1, -0.05) is 86.6 Å². The molecule has 0 spiro atoms. The number of aromatic nitrogens is 1. The lowest BCUT2D eigenvalue weighted by atomic mass is 9.82. The van der Waals surface area contributed by atoms with E-state index in [-0.39, 0.29) is 5.41 Å². The van der Waals surface area contributed by atoms with Gasteiger partial charge in [-0.2, -0.15) is 0 Å². The second-order valence-corrected chi connectivity index (χ2v) is 11.2. The number of hydrogen-bond donors (Lipinski definition) is 0. The molecule has 2 aromatic heterocycles. The molecule has 0 radical (unpaired) electrons. The van der Waals surface area contributed by atoms with E-state index in [1.54, 1.807) is 0 Å². The maximum absolute atomic E-state index is 2.50. The van der Waals surface area contributed by atoms with Gasteiger partial charge in [0, 0.05) is 31.7 Å². The Morgan fingerprint density at radius 1 is 0.571 bits per heavy atom. The quantitative estimate of drug-likeness (QED) is 0.227. The van der Waals surface area contributed by atoms with Gasteiger partial charge in [-0.05, 0) is 52.6 Å². The highest BCUT2D eigenvalue weighted by Gasteiger charge is 2.36. The molecule has 2 heteroatoms. The zero-order chi connectivity index (χ0) is 23.3. The molecule has 0 amide bonds. The number of benzene rings is 5. The lowest BCUT2D eigenvalue weighted by molar-refractivity contribution is 0.661. The summed E-state index contributed by atoms with van der Waals surface area (Å²) in [6.07, 6.45) is 0. The molecular formula is C33H23NS. The van der Waals surface area contributed by atoms with E-state index in [1.807, 2.05) is 11.3 Å². The Hall–Kier alpha value is -3.88. The standard InChI is InChI=1S/C33H23NS/c1-33(2)26-14-6-3-10-20(26)24-18-25-21-11-4-7-15-28(21)34(30(25)19-27(24)33)29-16-9-13-23-22-12-5-8-17-31(22)35-32(23)29/h3-19H,1-2H3. The van der Waals surface area contributed by atoms with Crippen molar-refractivity contribution in [3.8, 4) is 16.8 Å². The van der Waals surface area contributed by atoms with E-state index in [9.17, 15) is 0 Å². The first-order valence-corrected chi connectivity index (χ1v) is 13.0. The molecule has 0 aliphatic heterocycles. The molecule has 35 heavy (non-hydrogen) atoms. The molecule has 2 heterocycles. The van der Waals surface area contributed by atoms with E-state index in [0.717, 1.165) is 0 Å². The van der Waals surface area contributed by atoms with Crippen LogP contribution in [0.15, 0.2) is 103 Å². The molecular weight excluding hydrogens is 442 g/mol. The maximum atomic E-state index is 2.50. The van der Waals surface area contributed by atoms with E-state index in [4.69, 9.17) is 0 Å². The monoisotopic (exact) mass is 465 g/mol. The zero-order valence-electron chi connectivity index (χ0n) is 19.7. The van der Waals surface area contributed by atoms with Crippen LogP contribution in [-0.2, 0) is 5.41 Å². The molecule has 0 fully saturated rings. The number of fused-ring (bicyclic) bond motifs is 9. The molecule has 0 unspecified atom stereocenters. The summed E-state index contributed by atoms with van der Waals surface area (Å²) in [5.74, 6) is 0. The minimum Gasteiger partial charge on any atom is -0.308 e. The molecule has 0 saturated carbocycles. The van der Waals surface area contributed by atoms with Gasteiger partial charge >= 0.3 is 0 Å². The molecule has 1 aliphatic carbocycles. The summed E-state index contributed by atoms with van der Waals surface area (Å²) in [5, 5.41) is 5.31. The minimum atomic E-state index is -0.0228. The van der Waals surface area contributed by atoms with Gasteiger partial charge in [0.25, 0.3) is 0 Å². The van der Waals surface area contributed by atoms with Crippen LogP contribution in [0.5, 0.6) is 0 Å². The highest BCUT2D eigenvalue weighted by Crippen LogP contribution is 2.51. The van der Waals surface area contributed by atoms with Crippen molar-refractivity contribution >= 4 is 53.3 Å². The smallest absolute Gasteiger partial charge is 0.0640 e. The van der Waals surface area contributed by atoms with Crippen LogP contribution in [0.4, 0.5) is 0 Å². The summed E-state index contributed by atoms with van der Waals surface area (Å²) in [6, 6.07) is 38.2. The number of rotatable bonds is 1. The van der Waals surface area contributed by atoms with E-state index in [2.05, 4.69) is 122 Å². The fraction of sp³-hybridized carbons (Fsp3) is 0.0909. The Kier molecular flexibility index (Phi) is 3.67. The van der Waals surface area contributed by atoms with Crippen molar-refractivity contribution in [2.45, 2.75) is 19.3 Å². The van der Waals surface area contributed by atoms with Crippen molar-refractivity contribution in [2.24, 2.45) is 0 Å². The normalized spacial score (nSPS) is 14.2. The summed E-state index contributed by atoms with van der Waals surface area (Å²) in [4.78, 5) is 0. The van der Waals surface area contributed by atoms with E-state index in [0.29, 0.717) is 0 Å². The van der Waals surface area contributed by atoms with E-state index < -0.39 is 0 Å². The third-order valence-corrected chi connectivity index (χ3v) is 9.21. The van der Waals surface area contributed by atoms with Crippen LogP contribution < -0.4 is 0 Å². The van der Waals surface area contributed by atoms with Crippen molar-refractivity contribution in [1.29, 1.82) is 0 Å². The summed E-state index contributed by atoms with van der Waals surface area (Å²) < 4.78 is 5.19. The second kappa shape index (κ2) is 6.62. The lowest BCUT2D eigenvalue weighted by Crippen LogP contribution is -2.14. The first kappa shape index (κ1) is 19.4. The summed E-state index contributed by atoms with van der Waals surface area (Å²) in [5.41, 5.74) is 9.38. The summed E-state index contributed by atoms with van der Waals surface area (Å²) in [7, 11) is 0. The second-order valence-electron chi connectivity index (χ2n) is 10.2. The SMILES string of the molecule is CC1(C)c2ccccc2-c2cc3c4ccccc4n(-c4cccc5c4sc4ccccc45)c3cc21. The van der Waals surface area contributed by atoms with Gasteiger partial charge in [0.2, 0.25) is 0 Å². The van der Waals surface area contributed by atoms with Gasteiger partial charge in [0.1, 0.15) is 0 Å². The highest BCUT2D eigenvalue weighted by molar-refractivity contribution is 7.26. The van der Waals surface area contributed by atoms with Crippen molar-refractivity contribution in [2.75, 3.05) is 0 Å². The van der Waals surface area contributed by atoms with Crippen LogP contribution in [0.25, 0.3) is 58.8 Å². The molecule has 7 aromatic rings. The number of para-hydroxylation sites is 1. The lowest BCUT2D eigenvalue weighted by Gasteiger charge is -2.21. The largest absolute Gasteiger partial charge is 0.308 e. The predicted octanol–water partition coefficient (Wildman–Crippen LogP) is 9.46. The predicted molar refractivity (Wildman–Crippen MR) is 151 cm³/mol. The fourth-order valence-corrected chi connectivity index (χ4v) is 7.54. The molecule has 1 nitrogen and oxygen atoms in total. The third-order valence-electron chi connectivity index (χ3n) is 8.00. The summed E-state index contributed by atoms with van der Waals surface area (Å²) >= 11 is 1.90. The van der Waals surface area contributed by atoms with Gasteiger partial charge in [-0.15, -0.1) is 11.3 Å². The first-order valence-electron chi connectivity index (χ1n) is 12.2. The molecule has 166 valence electrons. The Morgan fingerprint density at radius 3 is 2.23 bits per heavy atom. The molecule has 5 aromatic carbocycles. The van der Waals surface area contributed by atoms with Gasteiger partial charge in [0.05, 0.1) is 21.4 Å². The van der Waals surface area contributed by atoms with Crippen LogP contribution >= 0.6 is 11.3 Å². The van der Waals surface area contributed by atoms with Gasteiger partial charge < -0.3 is 4.57 Å². The van der Waals surface area contributed by atoms with Crippen molar-refractivity contribution < 1.29 is 0 Å². The average Bonchev–Trinajstić information content (AvgIpc) is 3.50. The molecule has 8 rings (SSSR count). The van der Waals surface area contributed by atoms with Gasteiger partial charge in [0.15, 0.2) is 0 Å². The zero-order valence-corrected chi connectivity index (χ0v) is 20.5. The van der Waals surface area contributed by atoms with E-state index in [1.165, 1.54) is 69.9 Å². The Balaban J connectivity index is 1.54. The Morgan fingerprint density at radius 2 is 1.31 bits per heavy atom. The third kappa shape index (κ3) is 2.42. The molecule has 0 saturated heterocycles. The maximum Gasteiger partial charge on any atom is 0.0640 e.